The highest BCUT2D eigenvalue weighted by atomic mass is 19.1. The van der Waals surface area contributed by atoms with Gasteiger partial charge in [0, 0.05) is 6.08 Å². The number of carbonyl (C=O) groups is 1. The third kappa shape index (κ3) is 4.42. The van der Waals surface area contributed by atoms with Crippen molar-refractivity contribution in [2.75, 3.05) is 0 Å². The molecule has 0 bridgehead atoms. The van der Waals surface area contributed by atoms with Crippen molar-refractivity contribution < 1.29 is 9.18 Å². The molecule has 0 aromatic carbocycles. The zero-order valence-corrected chi connectivity index (χ0v) is 4.54. The summed E-state index contributed by atoms with van der Waals surface area (Å²) >= 11 is 0. The fraction of sp³-hybridized carbons (Fsp3) is 0. The Kier molecular flexibility index (Phi) is 3.97. The second-order valence-corrected chi connectivity index (χ2v) is 1.16. The van der Waals surface area contributed by atoms with Crippen LogP contribution in [0.2, 0.25) is 0 Å². The molecule has 0 spiro atoms. The van der Waals surface area contributed by atoms with Gasteiger partial charge in [-0.2, -0.15) is 5.26 Å². The minimum Gasteiger partial charge on any atom is -0.295 e. The Hall–Kier alpha value is -1.43. The van der Waals surface area contributed by atoms with Crippen molar-refractivity contribution in [2.24, 2.45) is 0 Å². The van der Waals surface area contributed by atoms with Crippen molar-refractivity contribution in [3.63, 3.8) is 0 Å². The van der Waals surface area contributed by atoms with E-state index < -0.39 is 5.83 Å². The maximum atomic E-state index is 11.8. The van der Waals surface area contributed by atoms with E-state index in [2.05, 4.69) is 0 Å². The Morgan fingerprint density at radius 2 is 2.33 bits per heavy atom. The molecule has 0 N–H and O–H groups in total. The van der Waals surface area contributed by atoms with Crippen LogP contribution in [0, 0.1) is 11.3 Å². The first-order chi connectivity index (χ1) is 4.31. The lowest BCUT2D eigenvalue weighted by atomic mass is 10.4. The standard InChI is InChI=1S/C6H4FNO/c7-6(5-9)3-1-2-4-8/h1-3,5H/b2-1+,6-3+. The van der Waals surface area contributed by atoms with Crippen molar-refractivity contribution in [3.8, 4) is 6.07 Å². The molecule has 0 heterocycles. The van der Waals surface area contributed by atoms with Crippen molar-refractivity contribution in [3.05, 3.63) is 24.1 Å². The van der Waals surface area contributed by atoms with E-state index in [0.29, 0.717) is 0 Å². The molecule has 0 aliphatic carbocycles. The van der Waals surface area contributed by atoms with Crippen LogP contribution in [-0.4, -0.2) is 6.29 Å². The zero-order valence-electron chi connectivity index (χ0n) is 4.54. The van der Waals surface area contributed by atoms with Crippen LogP contribution in [0.15, 0.2) is 24.1 Å². The van der Waals surface area contributed by atoms with Crippen LogP contribution in [0.25, 0.3) is 0 Å². The first kappa shape index (κ1) is 7.57. The molecule has 2 nitrogen and oxygen atoms in total. The molecule has 0 unspecified atom stereocenters. The summed E-state index contributed by atoms with van der Waals surface area (Å²) in [7, 11) is 0. The minimum absolute atomic E-state index is 0.0711. The van der Waals surface area contributed by atoms with Gasteiger partial charge in [0.05, 0.1) is 6.07 Å². The van der Waals surface area contributed by atoms with Crippen LogP contribution in [0.5, 0.6) is 0 Å². The summed E-state index contributed by atoms with van der Waals surface area (Å²) < 4.78 is 11.8. The van der Waals surface area contributed by atoms with E-state index in [4.69, 9.17) is 5.26 Å². The van der Waals surface area contributed by atoms with Crippen LogP contribution >= 0.6 is 0 Å². The number of hydrogen-bond donors (Lipinski definition) is 0. The summed E-state index contributed by atoms with van der Waals surface area (Å²) in [6.45, 7) is 0. The van der Waals surface area contributed by atoms with E-state index >= 15 is 0 Å². The molecule has 0 aliphatic rings. The van der Waals surface area contributed by atoms with Gasteiger partial charge < -0.3 is 0 Å². The first-order valence-corrected chi connectivity index (χ1v) is 2.18. The molecular formula is C6H4FNO. The third-order valence-electron chi connectivity index (χ3n) is 0.539. The minimum atomic E-state index is -0.887. The van der Waals surface area contributed by atoms with Gasteiger partial charge in [0.1, 0.15) is 0 Å². The highest BCUT2D eigenvalue weighted by Crippen LogP contribution is 1.89. The topological polar surface area (TPSA) is 40.9 Å². The summed E-state index contributed by atoms with van der Waals surface area (Å²) in [5, 5.41) is 7.88. The zero-order chi connectivity index (χ0) is 7.11. The fourth-order valence-corrected chi connectivity index (χ4v) is 0.222. The van der Waals surface area contributed by atoms with Gasteiger partial charge in [-0.3, -0.25) is 4.79 Å². The Labute approximate surface area is 51.9 Å². The van der Waals surface area contributed by atoms with Gasteiger partial charge in [-0.25, -0.2) is 4.39 Å². The molecule has 0 atom stereocenters. The summed E-state index contributed by atoms with van der Waals surface area (Å²) in [4.78, 5) is 9.54. The second-order valence-electron chi connectivity index (χ2n) is 1.16. The van der Waals surface area contributed by atoms with Gasteiger partial charge in [-0.05, 0) is 12.2 Å². The molecule has 0 saturated carbocycles. The van der Waals surface area contributed by atoms with Crippen LogP contribution in [0.1, 0.15) is 0 Å². The molecule has 0 saturated heterocycles. The Morgan fingerprint density at radius 3 is 2.78 bits per heavy atom. The van der Waals surface area contributed by atoms with Crippen LogP contribution in [0.4, 0.5) is 4.39 Å². The van der Waals surface area contributed by atoms with E-state index in [1.807, 2.05) is 0 Å². The predicted molar refractivity (Wildman–Crippen MR) is 30.0 cm³/mol. The number of allylic oxidation sites excluding steroid dienone is 4. The molecule has 0 radical (unpaired) electrons. The number of carbonyl (C=O) groups excluding carboxylic acids is 1. The number of nitriles is 1. The summed E-state index contributed by atoms with van der Waals surface area (Å²) in [6, 6.07) is 1.64. The highest BCUT2D eigenvalue weighted by Gasteiger charge is 1.82. The maximum Gasteiger partial charge on any atom is 0.178 e. The van der Waals surface area contributed by atoms with E-state index in [-0.39, 0.29) is 6.29 Å². The van der Waals surface area contributed by atoms with Gasteiger partial charge in [-0.1, -0.05) is 0 Å². The molecule has 0 aromatic rings. The Morgan fingerprint density at radius 1 is 1.67 bits per heavy atom. The maximum absolute atomic E-state index is 11.8. The lowest BCUT2D eigenvalue weighted by Crippen LogP contribution is -1.68. The van der Waals surface area contributed by atoms with E-state index in [1.54, 1.807) is 6.07 Å². The monoisotopic (exact) mass is 125 g/mol. The smallest absolute Gasteiger partial charge is 0.178 e. The van der Waals surface area contributed by atoms with Crippen LogP contribution < -0.4 is 0 Å². The molecule has 0 aromatic heterocycles. The van der Waals surface area contributed by atoms with E-state index in [9.17, 15) is 9.18 Å². The van der Waals surface area contributed by atoms with Gasteiger partial charge in [0.25, 0.3) is 0 Å². The third-order valence-corrected chi connectivity index (χ3v) is 0.539. The summed E-state index contributed by atoms with van der Waals surface area (Å²) in [6.07, 6.45) is 3.21. The molecule has 0 fully saturated rings. The van der Waals surface area contributed by atoms with Gasteiger partial charge in [0.2, 0.25) is 0 Å². The number of hydrogen-bond acceptors (Lipinski definition) is 2. The number of halogens is 1. The first-order valence-electron chi connectivity index (χ1n) is 2.18. The quantitative estimate of drug-likeness (QED) is 0.240. The molecule has 0 amide bonds. The Bertz CT molecular complexity index is 188. The van der Waals surface area contributed by atoms with Gasteiger partial charge in [-0.15, -0.1) is 0 Å². The summed E-state index contributed by atoms with van der Waals surface area (Å²) in [5.74, 6) is -0.887. The average molecular weight is 125 g/mol. The second kappa shape index (κ2) is 4.72. The van der Waals surface area contributed by atoms with E-state index in [1.165, 1.54) is 0 Å². The average Bonchev–Trinajstić information content (AvgIpc) is 1.89. The normalized spacial score (nSPS) is 11.3. The Balaban J connectivity index is 3.86. The highest BCUT2D eigenvalue weighted by molar-refractivity contribution is 5.70. The molecule has 0 aliphatic heterocycles. The van der Waals surface area contributed by atoms with E-state index in [0.717, 1.165) is 18.2 Å². The lowest BCUT2D eigenvalue weighted by molar-refractivity contribution is -0.106. The predicted octanol–water partition coefficient (Wildman–Crippen LogP) is 1.12. The van der Waals surface area contributed by atoms with Crippen LogP contribution in [-0.2, 0) is 4.79 Å². The molecular weight excluding hydrogens is 121 g/mol. The molecule has 46 valence electrons. The van der Waals surface area contributed by atoms with Crippen molar-refractivity contribution in [2.45, 2.75) is 0 Å². The van der Waals surface area contributed by atoms with Gasteiger partial charge >= 0.3 is 0 Å². The molecule has 9 heavy (non-hydrogen) atoms. The lowest BCUT2D eigenvalue weighted by Gasteiger charge is -1.72. The SMILES string of the molecule is N#C/C=C/C=C(/F)C=O. The van der Waals surface area contributed by atoms with Crippen LogP contribution in [0.3, 0.4) is 0 Å². The summed E-state index contributed by atoms with van der Waals surface area (Å²) in [5.41, 5.74) is 0. The largest absolute Gasteiger partial charge is 0.295 e. The van der Waals surface area contributed by atoms with Gasteiger partial charge in [0.15, 0.2) is 12.1 Å². The fourth-order valence-electron chi connectivity index (χ4n) is 0.222. The number of rotatable bonds is 2. The van der Waals surface area contributed by atoms with Crippen molar-refractivity contribution in [1.82, 2.24) is 0 Å². The van der Waals surface area contributed by atoms with Crippen molar-refractivity contribution >= 4 is 6.29 Å². The molecule has 3 heteroatoms. The number of aldehydes is 1. The molecule has 0 rings (SSSR count). The van der Waals surface area contributed by atoms with Crippen molar-refractivity contribution in [1.29, 1.82) is 5.26 Å². The number of nitrogens with zero attached hydrogens (tertiary/aromatic N) is 1.